The number of aryl methyl sites for hydroxylation is 1. The van der Waals surface area contributed by atoms with E-state index in [1.54, 1.807) is 16.1 Å². The first kappa shape index (κ1) is 22.0. The van der Waals surface area contributed by atoms with E-state index in [0.717, 1.165) is 24.5 Å². The third-order valence-electron chi connectivity index (χ3n) is 4.57. The molecule has 8 heteroatoms. The number of rotatable bonds is 8. The second-order valence-electron chi connectivity index (χ2n) is 6.55. The number of hydrogen-bond acceptors (Lipinski definition) is 4. The fourth-order valence-corrected chi connectivity index (χ4v) is 5.33. The van der Waals surface area contributed by atoms with Crippen molar-refractivity contribution in [1.29, 1.82) is 0 Å². The summed E-state index contributed by atoms with van der Waals surface area (Å²) in [4.78, 5) is 4.48. The van der Waals surface area contributed by atoms with E-state index in [1.807, 2.05) is 6.92 Å². The lowest BCUT2D eigenvalue weighted by Crippen LogP contribution is -2.41. The van der Waals surface area contributed by atoms with Crippen LogP contribution in [0.5, 0.6) is 0 Å². The maximum Gasteiger partial charge on any atom is 0.215 e. The van der Waals surface area contributed by atoms with Crippen molar-refractivity contribution in [3.8, 4) is 0 Å². The van der Waals surface area contributed by atoms with E-state index in [0.29, 0.717) is 19.0 Å². The average Bonchev–Trinajstić information content (AvgIpc) is 2.68. The summed E-state index contributed by atoms with van der Waals surface area (Å²) in [6.07, 6.45) is 1.02. The SMILES string of the molecule is CCNC(=NCCS(=O)(=O)N1CCSCC1)NC(C)c1ccc(CC)cc1. The molecule has 0 spiro atoms. The fourth-order valence-electron chi connectivity index (χ4n) is 2.88. The second-order valence-corrected chi connectivity index (χ2v) is 9.86. The van der Waals surface area contributed by atoms with Gasteiger partial charge in [0.05, 0.1) is 18.3 Å². The van der Waals surface area contributed by atoms with E-state index in [2.05, 4.69) is 53.7 Å². The van der Waals surface area contributed by atoms with Crippen molar-refractivity contribution in [2.45, 2.75) is 33.2 Å². The minimum Gasteiger partial charge on any atom is -0.357 e. The van der Waals surface area contributed by atoms with Crippen LogP contribution in [0.2, 0.25) is 0 Å². The van der Waals surface area contributed by atoms with Crippen LogP contribution in [0.15, 0.2) is 29.3 Å². The Hall–Kier alpha value is -1.25. The zero-order valence-corrected chi connectivity index (χ0v) is 18.2. The summed E-state index contributed by atoms with van der Waals surface area (Å²) < 4.78 is 26.5. The van der Waals surface area contributed by atoms with Gasteiger partial charge in [-0.05, 0) is 31.4 Å². The molecule has 1 aliphatic rings. The maximum absolute atomic E-state index is 12.4. The van der Waals surface area contributed by atoms with Crippen LogP contribution in [-0.4, -0.2) is 62.1 Å². The van der Waals surface area contributed by atoms with Crippen LogP contribution in [0, 0.1) is 0 Å². The number of thioether (sulfide) groups is 1. The number of nitrogens with zero attached hydrogens (tertiary/aromatic N) is 2. The highest BCUT2D eigenvalue weighted by atomic mass is 32.2. The molecule has 2 N–H and O–H groups in total. The van der Waals surface area contributed by atoms with Crippen molar-refractivity contribution < 1.29 is 8.42 Å². The summed E-state index contributed by atoms with van der Waals surface area (Å²) in [6.45, 7) is 8.42. The van der Waals surface area contributed by atoms with Gasteiger partial charge in [0, 0.05) is 31.1 Å². The van der Waals surface area contributed by atoms with Gasteiger partial charge in [0.25, 0.3) is 0 Å². The molecule has 0 radical (unpaired) electrons. The molecular weight excluding hydrogens is 380 g/mol. The van der Waals surface area contributed by atoms with E-state index in [-0.39, 0.29) is 18.3 Å². The van der Waals surface area contributed by atoms with Gasteiger partial charge in [-0.1, -0.05) is 31.2 Å². The minimum absolute atomic E-state index is 0.0494. The minimum atomic E-state index is -3.22. The summed E-state index contributed by atoms with van der Waals surface area (Å²) in [5, 5.41) is 6.56. The van der Waals surface area contributed by atoms with Crippen molar-refractivity contribution in [2.24, 2.45) is 4.99 Å². The lowest BCUT2D eigenvalue weighted by molar-refractivity contribution is 0.444. The van der Waals surface area contributed by atoms with Gasteiger partial charge in [0.1, 0.15) is 0 Å². The Morgan fingerprint density at radius 3 is 2.48 bits per heavy atom. The van der Waals surface area contributed by atoms with E-state index in [9.17, 15) is 8.42 Å². The van der Waals surface area contributed by atoms with Gasteiger partial charge in [0.2, 0.25) is 10.0 Å². The Labute approximate surface area is 168 Å². The van der Waals surface area contributed by atoms with Crippen molar-refractivity contribution in [3.63, 3.8) is 0 Å². The molecule has 2 rings (SSSR count). The van der Waals surface area contributed by atoms with Gasteiger partial charge in [-0.2, -0.15) is 11.8 Å². The molecular formula is C19H32N4O2S2. The van der Waals surface area contributed by atoms with Crippen LogP contribution in [0.4, 0.5) is 0 Å². The molecule has 0 aliphatic carbocycles. The number of nitrogens with one attached hydrogen (secondary N) is 2. The van der Waals surface area contributed by atoms with Gasteiger partial charge < -0.3 is 10.6 Å². The lowest BCUT2D eigenvalue weighted by atomic mass is 10.1. The van der Waals surface area contributed by atoms with Gasteiger partial charge in [-0.15, -0.1) is 0 Å². The van der Waals surface area contributed by atoms with Crippen molar-refractivity contribution in [3.05, 3.63) is 35.4 Å². The molecule has 0 amide bonds. The first-order chi connectivity index (χ1) is 13.0. The van der Waals surface area contributed by atoms with Crippen LogP contribution in [-0.2, 0) is 16.4 Å². The highest BCUT2D eigenvalue weighted by Gasteiger charge is 2.23. The molecule has 27 heavy (non-hydrogen) atoms. The second kappa shape index (κ2) is 10.9. The Bertz CT molecular complexity index is 699. The molecule has 0 bridgehead atoms. The summed E-state index contributed by atoms with van der Waals surface area (Å²) in [5.74, 6) is 2.45. The molecule has 1 saturated heterocycles. The third-order valence-corrected chi connectivity index (χ3v) is 7.36. The Balaban J connectivity index is 1.94. The molecule has 152 valence electrons. The van der Waals surface area contributed by atoms with E-state index in [4.69, 9.17) is 0 Å². The van der Waals surface area contributed by atoms with Gasteiger partial charge in [-0.25, -0.2) is 12.7 Å². The zero-order valence-electron chi connectivity index (χ0n) is 16.6. The molecule has 1 fully saturated rings. The highest BCUT2D eigenvalue weighted by molar-refractivity contribution is 7.99. The van der Waals surface area contributed by atoms with E-state index in [1.165, 1.54) is 11.1 Å². The fraction of sp³-hybridized carbons (Fsp3) is 0.632. The maximum atomic E-state index is 12.4. The van der Waals surface area contributed by atoms with Gasteiger partial charge >= 0.3 is 0 Å². The molecule has 1 aliphatic heterocycles. The largest absolute Gasteiger partial charge is 0.357 e. The zero-order chi connectivity index (χ0) is 19.7. The third kappa shape index (κ3) is 7.01. The number of guanidine groups is 1. The summed E-state index contributed by atoms with van der Waals surface area (Å²) in [5.41, 5.74) is 2.49. The summed E-state index contributed by atoms with van der Waals surface area (Å²) in [7, 11) is -3.22. The number of aliphatic imine (C=N–C) groups is 1. The topological polar surface area (TPSA) is 73.8 Å². The van der Waals surface area contributed by atoms with Crippen LogP contribution in [0.1, 0.15) is 37.9 Å². The quantitative estimate of drug-likeness (QED) is 0.506. The molecule has 0 saturated carbocycles. The Kier molecular flexibility index (Phi) is 8.92. The van der Waals surface area contributed by atoms with Gasteiger partial charge in [-0.3, -0.25) is 4.99 Å². The number of benzene rings is 1. The highest BCUT2D eigenvalue weighted by Crippen LogP contribution is 2.14. The monoisotopic (exact) mass is 412 g/mol. The number of hydrogen-bond donors (Lipinski definition) is 2. The van der Waals surface area contributed by atoms with Gasteiger partial charge in [0.15, 0.2) is 5.96 Å². The van der Waals surface area contributed by atoms with Crippen molar-refractivity contribution in [1.82, 2.24) is 14.9 Å². The van der Waals surface area contributed by atoms with E-state index < -0.39 is 10.0 Å². The van der Waals surface area contributed by atoms with Crippen LogP contribution in [0.3, 0.4) is 0 Å². The van der Waals surface area contributed by atoms with Crippen molar-refractivity contribution >= 4 is 27.7 Å². The van der Waals surface area contributed by atoms with Crippen LogP contribution in [0.25, 0.3) is 0 Å². The summed E-state index contributed by atoms with van der Waals surface area (Å²) in [6, 6.07) is 8.62. The van der Waals surface area contributed by atoms with Crippen molar-refractivity contribution in [2.75, 3.05) is 43.4 Å². The standard InChI is InChI=1S/C19H32N4O2S2/c1-4-17-6-8-18(9-7-17)16(3)22-19(20-5-2)21-10-15-27(24,25)23-11-13-26-14-12-23/h6-9,16H,4-5,10-15H2,1-3H3,(H2,20,21,22). The lowest BCUT2D eigenvalue weighted by Gasteiger charge is -2.25. The average molecular weight is 413 g/mol. The smallest absolute Gasteiger partial charge is 0.215 e. The predicted octanol–water partition coefficient (Wildman–Crippen LogP) is 2.24. The van der Waals surface area contributed by atoms with Crippen LogP contribution >= 0.6 is 11.8 Å². The summed E-state index contributed by atoms with van der Waals surface area (Å²) >= 11 is 1.80. The van der Waals surface area contributed by atoms with E-state index >= 15 is 0 Å². The molecule has 1 aromatic carbocycles. The van der Waals surface area contributed by atoms with Crippen LogP contribution < -0.4 is 10.6 Å². The predicted molar refractivity (Wildman–Crippen MR) is 116 cm³/mol. The Morgan fingerprint density at radius 2 is 1.89 bits per heavy atom. The molecule has 1 heterocycles. The first-order valence-corrected chi connectivity index (χ1v) is 12.4. The molecule has 1 aromatic rings. The molecule has 1 unspecified atom stereocenters. The Morgan fingerprint density at radius 1 is 1.22 bits per heavy atom. The molecule has 0 aromatic heterocycles. The molecule has 1 atom stereocenters. The first-order valence-electron chi connectivity index (χ1n) is 9.65. The number of sulfonamides is 1. The molecule has 6 nitrogen and oxygen atoms in total. The normalized spacial score (nSPS) is 17.5.